The number of hydrogen-bond acceptors (Lipinski definition) is 4. The monoisotopic (exact) mass is 242 g/mol. The molecule has 0 spiro atoms. The number of hydrogen-bond donors (Lipinski definition) is 0. The van der Waals surface area contributed by atoms with Gasteiger partial charge < -0.3 is 17.7 Å². The first kappa shape index (κ1) is 14.3. The van der Waals surface area contributed by atoms with Gasteiger partial charge in [-0.15, -0.1) is 11.6 Å². The fraction of sp³-hybridized carbons (Fsp3) is 1.00. The normalized spacial score (nSPS) is 14.4. The van der Waals surface area contributed by atoms with E-state index in [2.05, 4.69) is 0 Å². The molecule has 0 saturated carbocycles. The lowest BCUT2D eigenvalue weighted by Gasteiger charge is -2.26. The minimum Gasteiger partial charge on any atom is -0.355 e. The van der Waals surface area contributed by atoms with Crippen molar-refractivity contribution in [3.63, 3.8) is 0 Å². The van der Waals surface area contributed by atoms with Crippen LogP contribution < -0.4 is 0 Å². The molecule has 0 radical (unpaired) electrons. The van der Waals surface area contributed by atoms with Gasteiger partial charge in [-0.3, -0.25) is 0 Å². The van der Waals surface area contributed by atoms with Gasteiger partial charge in [-0.05, 0) is 19.8 Å². The lowest BCUT2D eigenvalue weighted by molar-refractivity contribution is -0.0194. The van der Waals surface area contributed by atoms with E-state index in [1.54, 1.807) is 0 Å². The van der Waals surface area contributed by atoms with Crippen molar-refractivity contribution in [1.29, 1.82) is 0 Å². The lowest BCUT2D eigenvalue weighted by Crippen LogP contribution is -2.48. The molecule has 86 valence electrons. The first-order chi connectivity index (χ1) is 6.64. The minimum absolute atomic E-state index is 0.0280. The Morgan fingerprint density at radius 2 is 1.64 bits per heavy atom. The zero-order valence-corrected chi connectivity index (χ0v) is 11.0. The van der Waals surface area contributed by atoms with Gasteiger partial charge in [-0.1, -0.05) is 0 Å². The fourth-order valence-corrected chi connectivity index (χ4v) is 2.62. The maximum absolute atomic E-state index is 5.60. The van der Waals surface area contributed by atoms with E-state index in [4.69, 9.17) is 29.3 Å². The Morgan fingerprint density at radius 3 is 2.00 bits per heavy atom. The first-order valence-electron chi connectivity index (χ1n) is 4.53. The highest BCUT2D eigenvalue weighted by Gasteiger charge is 2.43. The smallest absolute Gasteiger partial charge is 0.355 e. The zero-order valence-electron chi connectivity index (χ0n) is 9.21. The summed E-state index contributed by atoms with van der Waals surface area (Å²) in [6.07, 6.45) is 1.80. The van der Waals surface area contributed by atoms with Crippen LogP contribution in [0.25, 0.3) is 0 Å². The van der Waals surface area contributed by atoms with E-state index in [9.17, 15) is 0 Å². The molecule has 0 aliphatic carbocycles. The van der Waals surface area contributed by atoms with Crippen LogP contribution in [0.4, 0.5) is 0 Å². The maximum Gasteiger partial charge on any atom is 0.679 e. The molecule has 0 heterocycles. The zero-order chi connectivity index (χ0) is 11.0. The fourth-order valence-electron chi connectivity index (χ4n) is 1.06. The predicted molar refractivity (Wildman–Crippen MR) is 57.3 cm³/mol. The summed E-state index contributed by atoms with van der Waals surface area (Å²) in [7, 11) is 1.69. The van der Waals surface area contributed by atoms with Crippen LogP contribution in [0.5, 0.6) is 0 Å². The van der Waals surface area contributed by atoms with Crippen molar-refractivity contribution >= 4 is 20.6 Å². The van der Waals surface area contributed by atoms with Crippen molar-refractivity contribution in [1.82, 2.24) is 0 Å². The highest BCUT2D eigenvalue weighted by Crippen LogP contribution is 2.14. The summed E-state index contributed by atoms with van der Waals surface area (Å²) in [5, 5.41) is 0. The molecule has 0 aromatic carbocycles. The van der Waals surface area contributed by atoms with Crippen LogP contribution in [-0.4, -0.2) is 42.4 Å². The summed E-state index contributed by atoms with van der Waals surface area (Å²) in [6.45, 7) is 1.95. The molecule has 1 unspecified atom stereocenters. The van der Waals surface area contributed by atoms with Gasteiger partial charge in [-0.25, -0.2) is 0 Å². The molecule has 0 rings (SSSR count). The summed E-state index contributed by atoms with van der Waals surface area (Å²) in [5.41, 5.74) is 0. The van der Waals surface area contributed by atoms with E-state index < -0.39 is 9.05 Å². The average molecular weight is 243 g/mol. The SMILES string of the molecule is CO[Si](OC)(OC)OC(C)CCCCl. The van der Waals surface area contributed by atoms with Crippen LogP contribution in [0, 0.1) is 0 Å². The van der Waals surface area contributed by atoms with E-state index in [1.165, 1.54) is 21.3 Å². The molecule has 0 bridgehead atoms. The molecule has 0 aromatic heterocycles. The molecular formula is C8H19ClO4Si. The number of halogens is 1. The van der Waals surface area contributed by atoms with Crippen LogP contribution in [0.1, 0.15) is 19.8 Å². The second kappa shape index (κ2) is 7.61. The van der Waals surface area contributed by atoms with Gasteiger partial charge in [-0.2, -0.15) is 0 Å². The quantitative estimate of drug-likeness (QED) is 0.480. The third kappa shape index (κ3) is 4.72. The third-order valence-corrected chi connectivity index (χ3v) is 4.30. The van der Waals surface area contributed by atoms with E-state index in [1.807, 2.05) is 6.92 Å². The van der Waals surface area contributed by atoms with Crippen molar-refractivity contribution in [3.8, 4) is 0 Å². The highest BCUT2D eigenvalue weighted by molar-refractivity contribution is 6.53. The molecule has 0 amide bonds. The minimum atomic E-state index is -2.87. The van der Waals surface area contributed by atoms with Crippen molar-refractivity contribution < 1.29 is 17.7 Å². The third-order valence-electron chi connectivity index (χ3n) is 1.84. The highest BCUT2D eigenvalue weighted by atomic mass is 35.5. The van der Waals surface area contributed by atoms with Crippen LogP contribution in [0.3, 0.4) is 0 Å². The van der Waals surface area contributed by atoms with Crippen molar-refractivity contribution in [2.75, 3.05) is 27.2 Å². The Balaban J connectivity index is 4.01. The molecule has 0 fully saturated rings. The van der Waals surface area contributed by atoms with E-state index in [0.717, 1.165) is 12.8 Å². The number of rotatable bonds is 8. The summed E-state index contributed by atoms with van der Waals surface area (Å²) < 4.78 is 21.0. The molecule has 0 aromatic rings. The largest absolute Gasteiger partial charge is 0.679 e. The standard InChI is InChI=1S/C8H19ClO4Si/c1-8(6-5-7-9)13-14(10-2,11-3)12-4/h8H,5-7H2,1-4H3. The van der Waals surface area contributed by atoms with Crippen LogP contribution >= 0.6 is 11.6 Å². The van der Waals surface area contributed by atoms with Crippen molar-refractivity contribution in [2.45, 2.75) is 25.9 Å². The van der Waals surface area contributed by atoms with Crippen LogP contribution in [0.2, 0.25) is 0 Å². The Labute approximate surface area is 91.9 Å². The van der Waals surface area contributed by atoms with E-state index in [0.29, 0.717) is 5.88 Å². The van der Waals surface area contributed by atoms with Gasteiger partial charge in [0.05, 0.1) is 0 Å². The topological polar surface area (TPSA) is 36.9 Å². The molecule has 0 N–H and O–H groups in total. The van der Waals surface area contributed by atoms with Gasteiger partial charge in [0.25, 0.3) is 0 Å². The summed E-state index contributed by atoms with van der Waals surface area (Å²) in [4.78, 5) is 0. The molecule has 0 saturated heterocycles. The second-order valence-corrected chi connectivity index (χ2v) is 5.71. The first-order valence-corrected chi connectivity index (χ1v) is 6.70. The lowest BCUT2D eigenvalue weighted by atomic mass is 10.2. The van der Waals surface area contributed by atoms with Gasteiger partial charge in [0.1, 0.15) is 0 Å². The second-order valence-electron chi connectivity index (χ2n) is 2.87. The van der Waals surface area contributed by atoms with Gasteiger partial charge in [0.2, 0.25) is 0 Å². The van der Waals surface area contributed by atoms with Gasteiger partial charge in [0.15, 0.2) is 0 Å². The molecule has 6 heteroatoms. The van der Waals surface area contributed by atoms with E-state index >= 15 is 0 Å². The summed E-state index contributed by atoms with van der Waals surface area (Å²) in [5.74, 6) is 0.634. The van der Waals surface area contributed by atoms with Crippen LogP contribution in [-0.2, 0) is 17.7 Å². The molecular weight excluding hydrogens is 224 g/mol. The van der Waals surface area contributed by atoms with Crippen molar-refractivity contribution in [2.24, 2.45) is 0 Å². The summed E-state index contributed by atoms with van der Waals surface area (Å²) >= 11 is 5.58. The predicted octanol–water partition coefficient (Wildman–Crippen LogP) is 1.79. The van der Waals surface area contributed by atoms with E-state index in [-0.39, 0.29) is 6.10 Å². The molecule has 4 nitrogen and oxygen atoms in total. The summed E-state index contributed by atoms with van der Waals surface area (Å²) in [6, 6.07) is 0. The molecule has 0 aliphatic rings. The Bertz CT molecular complexity index is 135. The Morgan fingerprint density at radius 1 is 1.14 bits per heavy atom. The van der Waals surface area contributed by atoms with Crippen LogP contribution in [0.15, 0.2) is 0 Å². The average Bonchev–Trinajstić information content (AvgIpc) is 2.23. The maximum atomic E-state index is 5.60. The van der Waals surface area contributed by atoms with Gasteiger partial charge in [0, 0.05) is 33.3 Å². The van der Waals surface area contributed by atoms with Crippen molar-refractivity contribution in [3.05, 3.63) is 0 Å². The molecule has 0 aliphatic heterocycles. The Kier molecular flexibility index (Phi) is 7.80. The molecule has 1 atom stereocenters. The molecule has 14 heavy (non-hydrogen) atoms. The van der Waals surface area contributed by atoms with Gasteiger partial charge >= 0.3 is 9.05 Å². The number of alkyl halides is 1. The Hall–Kier alpha value is 0.347.